The molecule has 9 nitrogen and oxygen atoms in total. The fourth-order valence-corrected chi connectivity index (χ4v) is 1.55. The number of urea groups is 2. The van der Waals surface area contributed by atoms with E-state index >= 15 is 0 Å². The molecule has 0 heterocycles. The molecule has 0 fully saturated rings. The van der Waals surface area contributed by atoms with Crippen LogP contribution in [0.15, 0.2) is 24.3 Å². The number of nitrogens with one attached hydrogen (secondary N) is 3. The maximum Gasteiger partial charge on any atom is 0.338 e. The Bertz CT molecular complexity index is 613. The van der Waals surface area contributed by atoms with Gasteiger partial charge in [-0.25, -0.2) is 14.4 Å². The monoisotopic (exact) mass is 336 g/mol. The Balaban J connectivity index is 2.41. The maximum atomic E-state index is 11.8. The molecule has 0 radical (unpaired) electrons. The zero-order valence-corrected chi connectivity index (χ0v) is 13.4. The van der Waals surface area contributed by atoms with Gasteiger partial charge < -0.3 is 21.1 Å². The number of anilines is 1. The lowest BCUT2D eigenvalue weighted by Crippen LogP contribution is -2.42. The molecule has 5 N–H and O–H groups in total. The minimum absolute atomic E-state index is 0.182. The van der Waals surface area contributed by atoms with Crippen molar-refractivity contribution in [2.24, 2.45) is 11.7 Å². The van der Waals surface area contributed by atoms with E-state index in [9.17, 15) is 19.2 Å². The third-order valence-electron chi connectivity index (χ3n) is 2.65. The second-order valence-corrected chi connectivity index (χ2v) is 5.29. The van der Waals surface area contributed by atoms with Crippen LogP contribution in [0, 0.1) is 5.92 Å². The van der Waals surface area contributed by atoms with E-state index in [0.29, 0.717) is 12.2 Å². The summed E-state index contributed by atoms with van der Waals surface area (Å²) in [6, 6.07) is 4.35. The third kappa shape index (κ3) is 7.25. The lowest BCUT2D eigenvalue weighted by Gasteiger charge is -2.09. The van der Waals surface area contributed by atoms with Gasteiger partial charge in [0.15, 0.2) is 6.61 Å². The summed E-state index contributed by atoms with van der Waals surface area (Å²) in [5, 5.41) is 6.88. The largest absolute Gasteiger partial charge is 0.452 e. The standard InChI is InChI=1S/C15H20N4O5/c1-9(2)7-17-15(23)19-12(20)8-24-13(21)10-3-5-11(6-4-10)18-14(16)22/h3-6,9H,7-8H2,1-2H3,(H3,16,18,22)(H2,17,19,20,23). The maximum absolute atomic E-state index is 11.8. The van der Waals surface area contributed by atoms with Gasteiger partial charge >= 0.3 is 18.0 Å². The van der Waals surface area contributed by atoms with E-state index in [0.717, 1.165) is 0 Å². The molecular weight excluding hydrogens is 316 g/mol. The van der Waals surface area contributed by atoms with E-state index in [1.54, 1.807) is 0 Å². The molecule has 0 saturated carbocycles. The number of primary amides is 1. The van der Waals surface area contributed by atoms with Gasteiger partial charge in [0, 0.05) is 12.2 Å². The zero-order valence-electron chi connectivity index (χ0n) is 13.4. The summed E-state index contributed by atoms with van der Waals surface area (Å²) in [6.07, 6.45) is 0. The number of carbonyl (C=O) groups excluding carboxylic acids is 4. The number of rotatable bonds is 6. The van der Waals surface area contributed by atoms with Crippen molar-refractivity contribution in [2.75, 3.05) is 18.5 Å². The SMILES string of the molecule is CC(C)CNC(=O)NC(=O)COC(=O)c1ccc(NC(N)=O)cc1. The van der Waals surface area contributed by atoms with Crippen molar-refractivity contribution in [2.45, 2.75) is 13.8 Å². The second-order valence-electron chi connectivity index (χ2n) is 5.29. The first-order valence-corrected chi connectivity index (χ1v) is 7.19. The van der Waals surface area contributed by atoms with Crippen molar-refractivity contribution in [3.8, 4) is 0 Å². The molecule has 0 unspecified atom stereocenters. The number of esters is 1. The Morgan fingerprint density at radius 2 is 1.75 bits per heavy atom. The molecule has 0 aliphatic rings. The van der Waals surface area contributed by atoms with Gasteiger partial charge in [-0.15, -0.1) is 0 Å². The summed E-state index contributed by atoms with van der Waals surface area (Å²) in [6.45, 7) is 3.65. The fourth-order valence-electron chi connectivity index (χ4n) is 1.55. The Labute approximate surface area is 138 Å². The van der Waals surface area contributed by atoms with Gasteiger partial charge in [0.25, 0.3) is 5.91 Å². The van der Waals surface area contributed by atoms with Crippen LogP contribution in [0.2, 0.25) is 0 Å². The van der Waals surface area contributed by atoms with Crippen LogP contribution in [-0.2, 0) is 9.53 Å². The molecule has 1 rings (SSSR count). The molecule has 9 heteroatoms. The van der Waals surface area contributed by atoms with Gasteiger partial charge in [-0.05, 0) is 30.2 Å². The highest BCUT2D eigenvalue weighted by molar-refractivity contribution is 5.97. The molecule has 1 aromatic carbocycles. The summed E-state index contributed by atoms with van der Waals surface area (Å²) in [4.78, 5) is 45.3. The predicted molar refractivity (Wildman–Crippen MR) is 86.3 cm³/mol. The van der Waals surface area contributed by atoms with Crippen LogP contribution in [0.4, 0.5) is 15.3 Å². The minimum Gasteiger partial charge on any atom is -0.452 e. The molecule has 5 amide bonds. The molecule has 0 spiro atoms. The quantitative estimate of drug-likeness (QED) is 0.569. The summed E-state index contributed by atoms with van der Waals surface area (Å²) in [5.74, 6) is -1.23. The number of nitrogens with two attached hydrogens (primary N) is 1. The van der Waals surface area contributed by atoms with Crippen LogP contribution >= 0.6 is 0 Å². The number of hydrogen-bond donors (Lipinski definition) is 4. The smallest absolute Gasteiger partial charge is 0.338 e. The first-order valence-electron chi connectivity index (χ1n) is 7.19. The van der Waals surface area contributed by atoms with Gasteiger partial charge in [0.05, 0.1) is 5.56 Å². The van der Waals surface area contributed by atoms with Gasteiger partial charge in [0.1, 0.15) is 0 Å². The second kappa shape index (κ2) is 9.13. The Kier molecular flexibility index (Phi) is 7.21. The first kappa shape index (κ1) is 18.9. The van der Waals surface area contributed by atoms with Crippen LogP contribution in [0.25, 0.3) is 0 Å². The third-order valence-corrected chi connectivity index (χ3v) is 2.65. The normalized spacial score (nSPS) is 9.96. The molecule has 24 heavy (non-hydrogen) atoms. The zero-order chi connectivity index (χ0) is 18.1. The molecule has 0 atom stereocenters. The highest BCUT2D eigenvalue weighted by atomic mass is 16.5. The van der Waals surface area contributed by atoms with Crippen LogP contribution in [0.1, 0.15) is 24.2 Å². The van der Waals surface area contributed by atoms with Crippen LogP contribution < -0.4 is 21.7 Å². The van der Waals surface area contributed by atoms with Gasteiger partial charge in [-0.1, -0.05) is 13.8 Å². The van der Waals surface area contributed by atoms with E-state index in [1.165, 1.54) is 24.3 Å². The summed E-state index contributed by atoms with van der Waals surface area (Å²) >= 11 is 0. The lowest BCUT2D eigenvalue weighted by atomic mass is 10.2. The predicted octanol–water partition coefficient (Wildman–Crippen LogP) is 0.816. The van der Waals surface area contributed by atoms with E-state index in [-0.39, 0.29) is 11.5 Å². The Morgan fingerprint density at radius 1 is 1.12 bits per heavy atom. The highest BCUT2D eigenvalue weighted by Crippen LogP contribution is 2.10. The average Bonchev–Trinajstić information content (AvgIpc) is 2.50. The van der Waals surface area contributed by atoms with Crippen molar-refractivity contribution in [1.82, 2.24) is 10.6 Å². The van der Waals surface area contributed by atoms with Crippen molar-refractivity contribution in [1.29, 1.82) is 0 Å². The summed E-state index contributed by atoms with van der Waals surface area (Å²) in [5.41, 5.74) is 5.56. The lowest BCUT2D eigenvalue weighted by molar-refractivity contribution is -0.123. The topological polar surface area (TPSA) is 140 Å². The van der Waals surface area contributed by atoms with E-state index in [1.807, 2.05) is 19.2 Å². The fraction of sp³-hybridized carbons (Fsp3) is 0.333. The van der Waals surface area contributed by atoms with E-state index < -0.39 is 30.5 Å². The van der Waals surface area contributed by atoms with E-state index in [4.69, 9.17) is 10.5 Å². The number of carbonyl (C=O) groups is 4. The molecule has 1 aromatic rings. The van der Waals surface area contributed by atoms with Crippen LogP contribution in [0.3, 0.4) is 0 Å². The van der Waals surface area contributed by atoms with Crippen molar-refractivity contribution in [3.63, 3.8) is 0 Å². The van der Waals surface area contributed by atoms with Gasteiger partial charge in [-0.3, -0.25) is 10.1 Å². The molecule has 0 aliphatic carbocycles. The van der Waals surface area contributed by atoms with E-state index in [2.05, 4.69) is 10.6 Å². The minimum atomic E-state index is -0.739. The number of hydrogen-bond acceptors (Lipinski definition) is 5. The Morgan fingerprint density at radius 3 is 2.29 bits per heavy atom. The molecule has 0 bridgehead atoms. The molecule has 0 aliphatic heterocycles. The molecule has 130 valence electrons. The highest BCUT2D eigenvalue weighted by Gasteiger charge is 2.12. The summed E-state index contributed by atoms with van der Waals surface area (Å²) in [7, 11) is 0. The molecule has 0 aromatic heterocycles. The van der Waals surface area contributed by atoms with Crippen LogP contribution in [-0.4, -0.2) is 37.1 Å². The molecule has 0 saturated heterocycles. The average molecular weight is 336 g/mol. The molecular formula is C15H20N4O5. The number of benzene rings is 1. The van der Waals surface area contributed by atoms with Crippen molar-refractivity contribution in [3.05, 3.63) is 29.8 Å². The number of ether oxygens (including phenoxy) is 1. The van der Waals surface area contributed by atoms with Crippen LogP contribution in [0.5, 0.6) is 0 Å². The van der Waals surface area contributed by atoms with Gasteiger partial charge in [0.2, 0.25) is 0 Å². The van der Waals surface area contributed by atoms with Crippen molar-refractivity contribution >= 4 is 29.6 Å². The Hall–Kier alpha value is -3.10. The van der Waals surface area contributed by atoms with Gasteiger partial charge in [-0.2, -0.15) is 0 Å². The number of amides is 5. The first-order chi connectivity index (χ1) is 11.3. The van der Waals surface area contributed by atoms with Crippen molar-refractivity contribution < 1.29 is 23.9 Å². The number of imide groups is 1. The summed E-state index contributed by atoms with van der Waals surface area (Å²) < 4.78 is 4.79.